The van der Waals surface area contributed by atoms with Gasteiger partial charge in [-0.25, -0.2) is 0 Å². The van der Waals surface area contributed by atoms with Gasteiger partial charge in [0.2, 0.25) is 5.91 Å². The molecule has 1 saturated carbocycles. The van der Waals surface area contributed by atoms with Crippen molar-refractivity contribution < 1.29 is 4.79 Å². The highest BCUT2D eigenvalue weighted by Crippen LogP contribution is 2.35. The number of carbonyl (C=O) groups excluding carboxylic acids is 1. The van der Waals surface area contributed by atoms with Gasteiger partial charge in [-0.05, 0) is 56.1 Å². The number of hydrogen-bond donors (Lipinski definition) is 1. The number of rotatable bonds is 5. The summed E-state index contributed by atoms with van der Waals surface area (Å²) in [5, 5.41) is 3.31. The number of nitrogens with one attached hydrogen (secondary N) is 1. The van der Waals surface area contributed by atoms with Crippen LogP contribution in [-0.4, -0.2) is 29.9 Å². The lowest BCUT2D eigenvalue weighted by atomic mass is 9.78. The Labute approximate surface area is 152 Å². The lowest BCUT2D eigenvalue weighted by Crippen LogP contribution is -2.49. The van der Waals surface area contributed by atoms with Crippen LogP contribution in [0.5, 0.6) is 0 Å². The summed E-state index contributed by atoms with van der Waals surface area (Å²) in [7, 11) is 0. The standard InChI is InChI=1S/C22H32N2O/c1-3-7-17(2)14-20-16-23-15-19(20)11-12-22(25)24-13-6-9-18-8-4-5-10-21(18)24/h3,7,14-15,18,21,23H,1,4-6,8-13,16H2,2H3/b17-7-,20-14+. The maximum Gasteiger partial charge on any atom is 0.223 e. The molecule has 2 atom stereocenters. The molecule has 3 rings (SSSR count). The van der Waals surface area contributed by atoms with Crippen LogP contribution < -0.4 is 5.32 Å². The Bertz CT molecular complexity index is 597. The van der Waals surface area contributed by atoms with Gasteiger partial charge in [0.1, 0.15) is 0 Å². The summed E-state index contributed by atoms with van der Waals surface area (Å²) in [5.74, 6) is 1.13. The first-order chi connectivity index (χ1) is 12.2. The average Bonchev–Trinajstić information content (AvgIpc) is 3.06. The van der Waals surface area contributed by atoms with Gasteiger partial charge in [-0.1, -0.05) is 43.2 Å². The van der Waals surface area contributed by atoms with E-state index in [4.69, 9.17) is 0 Å². The number of allylic oxidation sites excluding steroid dienone is 4. The fourth-order valence-corrected chi connectivity index (χ4v) is 4.70. The Morgan fingerprint density at radius 1 is 1.32 bits per heavy atom. The maximum absolute atomic E-state index is 12.9. The van der Waals surface area contributed by atoms with E-state index in [0.29, 0.717) is 18.4 Å². The third-order valence-corrected chi connectivity index (χ3v) is 5.94. The van der Waals surface area contributed by atoms with Gasteiger partial charge in [0.15, 0.2) is 0 Å². The molecule has 0 aromatic rings. The van der Waals surface area contributed by atoms with Crippen molar-refractivity contribution in [1.29, 1.82) is 0 Å². The van der Waals surface area contributed by atoms with Crippen LogP contribution in [0, 0.1) is 5.92 Å². The first-order valence-corrected chi connectivity index (χ1v) is 9.91. The Balaban J connectivity index is 1.58. The molecule has 0 aromatic heterocycles. The van der Waals surface area contributed by atoms with Gasteiger partial charge in [-0.2, -0.15) is 0 Å². The van der Waals surface area contributed by atoms with E-state index in [1.165, 1.54) is 55.2 Å². The second-order valence-electron chi connectivity index (χ2n) is 7.71. The van der Waals surface area contributed by atoms with Crippen LogP contribution in [0.4, 0.5) is 0 Å². The maximum atomic E-state index is 12.9. The molecule has 3 aliphatic rings. The van der Waals surface area contributed by atoms with Gasteiger partial charge in [0.25, 0.3) is 0 Å². The number of amides is 1. The number of nitrogens with zero attached hydrogens (tertiary/aromatic N) is 1. The molecule has 3 nitrogen and oxygen atoms in total. The number of fused-ring (bicyclic) bond motifs is 1. The Morgan fingerprint density at radius 3 is 2.96 bits per heavy atom. The third-order valence-electron chi connectivity index (χ3n) is 5.94. The van der Waals surface area contributed by atoms with Crippen molar-refractivity contribution in [1.82, 2.24) is 10.2 Å². The van der Waals surface area contributed by atoms with Crippen molar-refractivity contribution in [3.8, 4) is 0 Å². The lowest BCUT2D eigenvalue weighted by molar-refractivity contribution is -0.137. The van der Waals surface area contributed by atoms with Gasteiger partial charge >= 0.3 is 0 Å². The molecule has 25 heavy (non-hydrogen) atoms. The molecule has 2 fully saturated rings. The zero-order valence-corrected chi connectivity index (χ0v) is 15.6. The van der Waals surface area contributed by atoms with Crippen molar-refractivity contribution in [2.45, 2.75) is 64.3 Å². The molecular weight excluding hydrogens is 308 g/mol. The molecular formula is C22H32N2O. The first kappa shape index (κ1) is 18.0. The number of hydrogen-bond acceptors (Lipinski definition) is 2. The van der Waals surface area contributed by atoms with Gasteiger partial charge in [-0.15, -0.1) is 0 Å². The first-order valence-electron chi connectivity index (χ1n) is 9.91. The van der Waals surface area contributed by atoms with Gasteiger partial charge in [0, 0.05) is 31.8 Å². The summed E-state index contributed by atoms with van der Waals surface area (Å²) in [4.78, 5) is 15.1. The van der Waals surface area contributed by atoms with E-state index in [9.17, 15) is 4.79 Å². The molecule has 0 aromatic carbocycles. The monoisotopic (exact) mass is 340 g/mol. The van der Waals surface area contributed by atoms with Crippen LogP contribution in [0.3, 0.4) is 0 Å². The van der Waals surface area contributed by atoms with E-state index in [0.717, 1.165) is 25.4 Å². The minimum absolute atomic E-state index is 0.363. The molecule has 1 saturated heterocycles. The van der Waals surface area contributed by atoms with E-state index >= 15 is 0 Å². The summed E-state index contributed by atoms with van der Waals surface area (Å²) in [6.07, 6.45) is 17.3. The van der Waals surface area contributed by atoms with Crippen molar-refractivity contribution in [2.75, 3.05) is 13.1 Å². The van der Waals surface area contributed by atoms with Crippen LogP contribution in [0.2, 0.25) is 0 Å². The highest BCUT2D eigenvalue weighted by molar-refractivity contribution is 5.77. The summed E-state index contributed by atoms with van der Waals surface area (Å²) in [6.45, 7) is 7.68. The Kier molecular flexibility index (Phi) is 6.17. The molecule has 2 unspecified atom stereocenters. The van der Waals surface area contributed by atoms with Gasteiger partial charge in [0.05, 0.1) is 0 Å². The van der Waals surface area contributed by atoms with E-state index in [1.54, 1.807) is 0 Å². The lowest BCUT2D eigenvalue weighted by Gasteiger charge is -2.44. The van der Waals surface area contributed by atoms with Gasteiger partial charge in [-0.3, -0.25) is 4.79 Å². The summed E-state index contributed by atoms with van der Waals surface area (Å²) >= 11 is 0. The third kappa shape index (κ3) is 4.45. The van der Waals surface area contributed by atoms with Gasteiger partial charge < -0.3 is 10.2 Å². The van der Waals surface area contributed by atoms with Crippen molar-refractivity contribution in [3.63, 3.8) is 0 Å². The Morgan fingerprint density at radius 2 is 2.12 bits per heavy atom. The fourth-order valence-electron chi connectivity index (χ4n) is 4.70. The van der Waals surface area contributed by atoms with Crippen LogP contribution in [0.25, 0.3) is 0 Å². The van der Waals surface area contributed by atoms with Crippen LogP contribution in [-0.2, 0) is 4.79 Å². The van der Waals surface area contributed by atoms with E-state index in [-0.39, 0.29) is 0 Å². The normalized spacial score (nSPS) is 28.4. The molecule has 0 bridgehead atoms. The fraction of sp³-hybridized carbons (Fsp3) is 0.591. The number of piperidine rings is 1. The molecule has 136 valence electrons. The van der Waals surface area contributed by atoms with Crippen LogP contribution in [0.15, 0.2) is 47.7 Å². The SMILES string of the molecule is C=C/C=C(C)\C=C1/CNC=C1CCC(=O)N1CCCC2CCCCC21. The topological polar surface area (TPSA) is 32.3 Å². The zero-order chi connectivity index (χ0) is 17.6. The van der Waals surface area contributed by atoms with Crippen molar-refractivity contribution in [2.24, 2.45) is 5.92 Å². The van der Waals surface area contributed by atoms with E-state index < -0.39 is 0 Å². The molecule has 0 radical (unpaired) electrons. The van der Waals surface area contributed by atoms with Crippen LogP contribution >= 0.6 is 0 Å². The quantitative estimate of drug-likeness (QED) is 0.748. The van der Waals surface area contributed by atoms with Crippen molar-refractivity contribution >= 4 is 5.91 Å². The average molecular weight is 341 g/mol. The number of carbonyl (C=O) groups is 1. The van der Waals surface area contributed by atoms with E-state index in [2.05, 4.69) is 36.0 Å². The largest absolute Gasteiger partial charge is 0.387 e. The highest BCUT2D eigenvalue weighted by atomic mass is 16.2. The predicted molar refractivity (Wildman–Crippen MR) is 104 cm³/mol. The van der Waals surface area contributed by atoms with Crippen LogP contribution in [0.1, 0.15) is 58.3 Å². The second kappa shape index (κ2) is 8.55. The molecule has 1 amide bonds. The molecule has 2 heterocycles. The zero-order valence-electron chi connectivity index (χ0n) is 15.6. The molecule has 1 aliphatic carbocycles. The van der Waals surface area contributed by atoms with Crippen molar-refractivity contribution in [3.05, 3.63) is 47.7 Å². The Hall–Kier alpha value is -1.77. The second-order valence-corrected chi connectivity index (χ2v) is 7.71. The molecule has 1 N–H and O–H groups in total. The number of likely N-dealkylation sites (tertiary alicyclic amines) is 1. The summed E-state index contributed by atoms with van der Waals surface area (Å²) in [5.41, 5.74) is 3.78. The molecule has 0 spiro atoms. The smallest absolute Gasteiger partial charge is 0.223 e. The highest BCUT2D eigenvalue weighted by Gasteiger charge is 2.35. The molecule has 3 heteroatoms. The predicted octanol–water partition coefficient (Wildman–Crippen LogP) is 4.49. The minimum atomic E-state index is 0.363. The van der Waals surface area contributed by atoms with E-state index in [1.807, 2.05) is 12.2 Å². The summed E-state index contributed by atoms with van der Waals surface area (Å²) in [6, 6.07) is 0.526. The molecule has 2 aliphatic heterocycles. The summed E-state index contributed by atoms with van der Waals surface area (Å²) < 4.78 is 0. The minimum Gasteiger partial charge on any atom is -0.387 e.